The van der Waals surface area contributed by atoms with E-state index in [9.17, 15) is 0 Å². The lowest BCUT2D eigenvalue weighted by Gasteiger charge is -2.09. The van der Waals surface area contributed by atoms with E-state index in [1.807, 2.05) is 30.3 Å². The normalized spacial score (nSPS) is 11.1. The van der Waals surface area contributed by atoms with E-state index in [4.69, 9.17) is 33.2 Å². The number of hydrogen-bond acceptors (Lipinski definition) is 7. The molecule has 0 saturated carbocycles. The molecular weight excluding hydrogens is 400 g/mol. The molecule has 0 saturated heterocycles. The van der Waals surface area contributed by atoms with Crippen molar-refractivity contribution in [3.8, 4) is 5.75 Å². The van der Waals surface area contributed by atoms with Gasteiger partial charge in [-0.25, -0.2) is 0 Å². The van der Waals surface area contributed by atoms with Crippen LogP contribution in [0.15, 0.2) is 30.3 Å². The maximum atomic E-state index is 5.54. The van der Waals surface area contributed by atoms with Gasteiger partial charge in [0.15, 0.2) is 0 Å². The minimum Gasteiger partial charge on any atom is -0.491 e. The first-order valence-corrected chi connectivity index (χ1v) is 11.6. The molecule has 0 aliphatic heterocycles. The van der Waals surface area contributed by atoms with Crippen molar-refractivity contribution >= 4 is 0 Å². The monoisotopic (exact) mass is 442 g/mol. The summed E-state index contributed by atoms with van der Waals surface area (Å²) in [6, 6.07) is 9.70. The van der Waals surface area contributed by atoms with E-state index in [2.05, 4.69) is 6.92 Å². The Morgan fingerprint density at radius 1 is 0.452 bits per heavy atom. The number of ether oxygens (including phenoxy) is 7. The molecule has 0 bridgehead atoms. The fourth-order valence-electron chi connectivity index (χ4n) is 2.57. The Kier molecular flexibility index (Phi) is 21.0. The maximum Gasteiger partial charge on any atom is 0.119 e. The summed E-state index contributed by atoms with van der Waals surface area (Å²) >= 11 is 0. The van der Waals surface area contributed by atoms with Crippen LogP contribution in [-0.4, -0.2) is 85.9 Å². The fourth-order valence-corrected chi connectivity index (χ4v) is 2.57. The summed E-state index contributed by atoms with van der Waals surface area (Å²) in [5.41, 5.74) is 0. The number of para-hydroxylation sites is 1. The van der Waals surface area contributed by atoms with E-state index in [0.29, 0.717) is 79.3 Å². The van der Waals surface area contributed by atoms with Crippen LogP contribution in [0.5, 0.6) is 5.75 Å². The topological polar surface area (TPSA) is 64.6 Å². The Morgan fingerprint density at radius 3 is 1.32 bits per heavy atom. The van der Waals surface area contributed by atoms with Gasteiger partial charge in [0.05, 0.1) is 72.7 Å². The zero-order valence-electron chi connectivity index (χ0n) is 19.3. The van der Waals surface area contributed by atoms with Gasteiger partial charge in [0.25, 0.3) is 0 Å². The van der Waals surface area contributed by atoms with E-state index in [-0.39, 0.29) is 0 Å². The number of unbranched alkanes of at least 4 members (excludes halogenated alkanes) is 3. The molecule has 1 aromatic carbocycles. The van der Waals surface area contributed by atoms with E-state index < -0.39 is 0 Å². The highest BCUT2D eigenvalue weighted by Gasteiger charge is 1.95. The molecule has 0 radical (unpaired) electrons. The Labute approximate surface area is 188 Å². The van der Waals surface area contributed by atoms with Crippen LogP contribution in [0.3, 0.4) is 0 Å². The minimum absolute atomic E-state index is 0.533. The summed E-state index contributed by atoms with van der Waals surface area (Å²) in [7, 11) is 0. The summed E-state index contributed by atoms with van der Waals surface area (Å²) in [6.45, 7) is 9.84. The lowest BCUT2D eigenvalue weighted by atomic mass is 10.2. The van der Waals surface area contributed by atoms with E-state index in [1.54, 1.807) is 0 Å². The Bertz CT molecular complexity index is 459. The van der Waals surface area contributed by atoms with Crippen LogP contribution in [0, 0.1) is 0 Å². The highest BCUT2D eigenvalue weighted by Crippen LogP contribution is 2.07. The van der Waals surface area contributed by atoms with Crippen molar-refractivity contribution in [2.75, 3.05) is 85.9 Å². The number of benzene rings is 1. The summed E-state index contributed by atoms with van der Waals surface area (Å²) in [5.74, 6) is 0.856. The van der Waals surface area contributed by atoms with Gasteiger partial charge in [-0.2, -0.15) is 0 Å². The van der Waals surface area contributed by atoms with Gasteiger partial charge in [-0.3, -0.25) is 0 Å². The Hall–Kier alpha value is -1.22. The van der Waals surface area contributed by atoms with Gasteiger partial charge in [0, 0.05) is 6.61 Å². The molecule has 0 atom stereocenters. The van der Waals surface area contributed by atoms with Crippen molar-refractivity contribution in [3.63, 3.8) is 0 Å². The lowest BCUT2D eigenvalue weighted by molar-refractivity contribution is -0.0179. The molecule has 31 heavy (non-hydrogen) atoms. The summed E-state index contributed by atoms with van der Waals surface area (Å²) in [6.07, 6.45) is 4.93. The number of rotatable bonds is 24. The average molecular weight is 443 g/mol. The van der Waals surface area contributed by atoms with E-state index in [0.717, 1.165) is 18.8 Å². The molecule has 0 heterocycles. The predicted molar refractivity (Wildman–Crippen MR) is 121 cm³/mol. The van der Waals surface area contributed by atoms with Gasteiger partial charge < -0.3 is 33.2 Å². The van der Waals surface area contributed by atoms with Gasteiger partial charge in [-0.15, -0.1) is 0 Å². The molecule has 0 unspecified atom stereocenters. The highest BCUT2D eigenvalue weighted by atomic mass is 16.6. The number of hydrogen-bond donors (Lipinski definition) is 0. The van der Waals surface area contributed by atoms with Crippen LogP contribution in [0.1, 0.15) is 32.6 Å². The fraction of sp³-hybridized carbons (Fsp3) is 0.750. The van der Waals surface area contributed by atoms with Gasteiger partial charge in [0.1, 0.15) is 12.4 Å². The first kappa shape index (κ1) is 27.8. The molecule has 0 spiro atoms. The summed E-state index contributed by atoms with van der Waals surface area (Å²) in [5, 5.41) is 0. The second-order valence-corrected chi connectivity index (χ2v) is 6.90. The molecule has 0 aliphatic carbocycles. The smallest absolute Gasteiger partial charge is 0.119 e. The van der Waals surface area contributed by atoms with Gasteiger partial charge >= 0.3 is 0 Å². The minimum atomic E-state index is 0.533. The van der Waals surface area contributed by atoms with Crippen LogP contribution < -0.4 is 4.74 Å². The second kappa shape index (κ2) is 23.4. The maximum absolute atomic E-state index is 5.54. The van der Waals surface area contributed by atoms with Crippen LogP contribution in [0.2, 0.25) is 0 Å². The molecule has 0 N–H and O–H groups in total. The SMILES string of the molecule is CCCCCCOCCOCCOCCOCCOCCOCCOc1ccccc1. The first-order valence-electron chi connectivity index (χ1n) is 11.6. The zero-order valence-corrected chi connectivity index (χ0v) is 19.3. The third-order valence-electron chi connectivity index (χ3n) is 4.24. The lowest BCUT2D eigenvalue weighted by Crippen LogP contribution is -2.14. The molecule has 1 rings (SSSR count). The molecule has 0 fully saturated rings. The Balaban J connectivity index is 1.65. The molecule has 7 heteroatoms. The van der Waals surface area contributed by atoms with Crippen molar-refractivity contribution < 1.29 is 33.2 Å². The molecule has 180 valence electrons. The molecule has 0 amide bonds. The highest BCUT2D eigenvalue weighted by molar-refractivity contribution is 5.20. The zero-order chi connectivity index (χ0) is 22.1. The summed E-state index contributed by atoms with van der Waals surface area (Å²) in [4.78, 5) is 0. The first-order chi connectivity index (χ1) is 15.4. The molecule has 1 aromatic rings. The molecule has 0 aromatic heterocycles. The Morgan fingerprint density at radius 2 is 0.871 bits per heavy atom. The van der Waals surface area contributed by atoms with Crippen molar-refractivity contribution in [2.45, 2.75) is 32.6 Å². The molecule has 0 aliphatic rings. The average Bonchev–Trinajstić information content (AvgIpc) is 2.80. The second-order valence-electron chi connectivity index (χ2n) is 6.90. The third-order valence-corrected chi connectivity index (χ3v) is 4.24. The predicted octanol–water partition coefficient (Wildman–Crippen LogP) is 3.75. The van der Waals surface area contributed by atoms with Gasteiger partial charge in [0.2, 0.25) is 0 Å². The molecule has 7 nitrogen and oxygen atoms in total. The van der Waals surface area contributed by atoms with Crippen molar-refractivity contribution in [1.82, 2.24) is 0 Å². The van der Waals surface area contributed by atoms with Crippen LogP contribution in [0.25, 0.3) is 0 Å². The van der Waals surface area contributed by atoms with Crippen LogP contribution in [0.4, 0.5) is 0 Å². The molecular formula is C24H42O7. The van der Waals surface area contributed by atoms with Crippen molar-refractivity contribution in [2.24, 2.45) is 0 Å². The van der Waals surface area contributed by atoms with E-state index >= 15 is 0 Å². The van der Waals surface area contributed by atoms with Gasteiger partial charge in [-0.05, 0) is 18.6 Å². The quantitative estimate of drug-likeness (QED) is 0.226. The van der Waals surface area contributed by atoms with Gasteiger partial charge in [-0.1, -0.05) is 44.4 Å². The summed E-state index contributed by atoms with van der Waals surface area (Å²) < 4.78 is 38.3. The van der Waals surface area contributed by atoms with Crippen molar-refractivity contribution in [3.05, 3.63) is 30.3 Å². The van der Waals surface area contributed by atoms with Crippen LogP contribution in [-0.2, 0) is 28.4 Å². The van der Waals surface area contributed by atoms with E-state index in [1.165, 1.54) is 19.3 Å². The van der Waals surface area contributed by atoms with Crippen LogP contribution >= 0.6 is 0 Å². The standard InChI is InChI=1S/C24H42O7/c1-2-3-4-8-11-25-12-13-26-14-15-27-16-17-28-18-19-29-20-21-30-22-23-31-24-9-6-5-7-10-24/h5-7,9-10H,2-4,8,11-23H2,1H3. The largest absolute Gasteiger partial charge is 0.491 e. The van der Waals surface area contributed by atoms with Crippen molar-refractivity contribution in [1.29, 1.82) is 0 Å². The third kappa shape index (κ3) is 20.4.